The van der Waals surface area contributed by atoms with Gasteiger partial charge in [-0.25, -0.2) is 8.42 Å². The van der Waals surface area contributed by atoms with E-state index >= 15 is 0 Å². The highest BCUT2D eigenvalue weighted by Crippen LogP contribution is 2.37. The van der Waals surface area contributed by atoms with Crippen molar-refractivity contribution < 1.29 is 17.9 Å². The second-order valence-corrected chi connectivity index (χ2v) is 7.00. The van der Waals surface area contributed by atoms with E-state index in [2.05, 4.69) is 5.32 Å². The Balaban J connectivity index is 0.00000161. The summed E-state index contributed by atoms with van der Waals surface area (Å²) in [5.74, 6) is 1.10. The number of piperazine rings is 1. The van der Waals surface area contributed by atoms with Crippen LogP contribution in [0.3, 0.4) is 0 Å². The third-order valence-electron chi connectivity index (χ3n) is 3.70. The van der Waals surface area contributed by atoms with Crippen LogP contribution in [0.15, 0.2) is 17.0 Å². The summed E-state index contributed by atoms with van der Waals surface area (Å²) in [5.41, 5.74) is 0.681. The molecule has 0 saturated carbocycles. The van der Waals surface area contributed by atoms with Crippen LogP contribution in [-0.2, 0) is 10.0 Å². The lowest BCUT2D eigenvalue weighted by molar-refractivity contribution is 0.174. The van der Waals surface area contributed by atoms with Crippen LogP contribution in [0.4, 0.5) is 0 Å². The topological polar surface area (TPSA) is 67.9 Å². The van der Waals surface area contributed by atoms with Crippen LogP contribution in [0, 0.1) is 6.92 Å². The van der Waals surface area contributed by atoms with Crippen LogP contribution >= 0.6 is 12.4 Å². The molecule has 0 spiro atoms. The van der Waals surface area contributed by atoms with Gasteiger partial charge in [0.25, 0.3) is 0 Å². The van der Waals surface area contributed by atoms with E-state index in [-0.39, 0.29) is 25.2 Å². The summed E-state index contributed by atoms with van der Waals surface area (Å²) in [5, 5.41) is 3.19. The fraction of sp³-hybridized carbons (Fsp3) is 0.538. The van der Waals surface area contributed by atoms with Crippen molar-refractivity contribution in [3.8, 4) is 11.5 Å². The highest BCUT2D eigenvalue weighted by molar-refractivity contribution is 7.89. The number of ether oxygens (including phenoxy) is 2. The largest absolute Gasteiger partial charge is 0.454 e. The molecule has 118 valence electrons. The number of aryl methyl sites for hydroxylation is 1. The van der Waals surface area contributed by atoms with Gasteiger partial charge in [0.1, 0.15) is 0 Å². The van der Waals surface area contributed by atoms with Crippen molar-refractivity contribution in [2.45, 2.75) is 24.8 Å². The molecule has 21 heavy (non-hydrogen) atoms. The molecular formula is C13H19ClN2O4S. The van der Waals surface area contributed by atoms with Crippen LogP contribution in [0.25, 0.3) is 0 Å². The first kappa shape index (κ1) is 16.4. The summed E-state index contributed by atoms with van der Waals surface area (Å²) in [7, 11) is -3.51. The molecule has 8 heteroatoms. The number of sulfonamides is 1. The Bertz CT molecular complexity index is 635. The predicted molar refractivity (Wildman–Crippen MR) is 80.8 cm³/mol. The van der Waals surface area contributed by atoms with Gasteiger partial charge in [0.2, 0.25) is 16.8 Å². The van der Waals surface area contributed by atoms with Gasteiger partial charge < -0.3 is 14.8 Å². The van der Waals surface area contributed by atoms with Crippen molar-refractivity contribution in [1.82, 2.24) is 9.62 Å². The molecule has 3 rings (SSSR count). The third-order valence-corrected chi connectivity index (χ3v) is 5.85. The number of halogens is 1. The SMILES string of the molecule is Cc1cc2c(cc1S(=O)(=O)N1CCNCC1C)OCO2.Cl. The molecule has 1 fully saturated rings. The summed E-state index contributed by atoms with van der Waals surface area (Å²) < 4.78 is 37.7. The lowest BCUT2D eigenvalue weighted by atomic mass is 10.2. The van der Waals surface area contributed by atoms with Crippen LogP contribution in [-0.4, -0.2) is 45.2 Å². The molecule has 1 N–H and O–H groups in total. The first-order valence-electron chi connectivity index (χ1n) is 6.63. The molecule has 1 aromatic rings. The Hall–Kier alpha value is -1.02. The Morgan fingerprint density at radius 3 is 2.62 bits per heavy atom. The molecule has 1 aromatic carbocycles. The molecular weight excluding hydrogens is 316 g/mol. The zero-order chi connectivity index (χ0) is 14.3. The summed E-state index contributed by atoms with van der Waals surface area (Å²) in [4.78, 5) is 0.301. The Labute approximate surface area is 130 Å². The zero-order valence-corrected chi connectivity index (χ0v) is 13.6. The average molecular weight is 335 g/mol. The Morgan fingerprint density at radius 1 is 1.29 bits per heavy atom. The summed E-state index contributed by atoms with van der Waals surface area (Å²) in [6.45, 7) is 5.66. The molecule has 6 nitrogen and oxygen atoms in total. The highest BCUT2D eigenvalue weighted by Gasteiger charge is 2.33. The van der Waals surface area contributed by atoms with Gasteiger partial charge in [0.15, 0.2) is 11.5 Å². The van der Waals surface area contributed by atoms with Crippen molar-refractivity contribution >= 4 is 22.4 Å². The van der Waals surface area contributed by atoms with Crippen LogP contribution in [0.1, 0.15) is 12.5 Å². The quantitative estimate of drug-likeness (QED) is 0.878. The second-order valence-electron chi connectivity index (χ2n) is 5.14. The lowest BCUT2D eigenvalue weighted by Crippen LogP contribution is -2.52. The van der Waals surface area contributed by atoms with Gasteiger partial charge in [0.05, 0.1) is 4.90 Å². The first-order valence-corrected chi connectivity index (χ1v) is 8.07. The number of fused-ring (bicyclic) bond motifs is 1. The van der Waals surface area contributed by atoms with Crippen molar-refractivity contribution in [1.29, 1.82) is 0 Å². The number of benzene rings is 1. The van der Waals surface area contributed by atoms with Crippen LogP contribution < -0.4 is 14.8 Å². The molecule has 0 radical (unpaired) electrons. The maximum Gasteiger partial charge on any atom is 0.243 e. The van der Waals surface area contributed by atoms with Gasteiger partial charge >= 0.3 is 0 Å². The number of nitrogens with zero attached hydrogens (tertiary/aromatic N) is 1. The molecule has 2 aliphatic heterocycles. The standard InChI is InChI=1S/C13H18N2O4S.ClH/c1-9-5-11-12(19-8-18-11)6-13(9)20(16,17)15-4-3-14-7-10(15)2;/h5-6,10,14H,3-4,7-8H2,1-2H3;1H. The molecule has 1 saturated heterocycles. The van der Waals surface area contributed by atoms with Gasteiger partial charge in [-0.05, 0) is 25.5 Å². The Kier molecular flexibility index (Phi) is 4.67. The van der Waals surface area contributed by atoms with Crippen LogP contribution in [0.2, 0.25) is 0 Å². The van der Waals surface area contributed by atoms with Crippen molar-refractivity contribution in [3.05, 3.63) is 17.7 Å². The van der Waals surface area contributed by atoms with E-state index in [0.717, 1.165) is 0 Å². The average Bonchev–Trinajstić information content (AvgIpc) is 2.85. The third kappa shape index (κ3) is 2.83. The number of nitrogens with one attached hydrogen (secondary N) is 1. The van der Waals surface area contributed by atoms with Gasteiger partial charge in [-0.1, -0.05) is 0 Å². The van der Waals surface area contributed by atoms with E-state index in [1.54, 1.807) is 23.4 Å². The summed E-state index contributed by atoms with van der Waals surface area (Å²) in [6.07, 6.45) is 0. The summed E-state index contributed by atoms with van der Waals surface area (Å²) >= 11 is 0. The normalized spacial score (nSPS) is 21.9. The van der Waals surface area contributed by atoms with Gasteiger partial charge in [-0.3, -0.25) is 0 Å². The maximum absolute atomic E-state index is 12.8. The van der Waals surface area contributed by atoms with E-state index in [9.17, 15) is 8.42 Å². The lowest BCUT2D eigenvalue weighted by Gasteiger charge is -2.33. The minimum Gasteiger partial charge on any atom is -0.454 e. The minimum absolute atomic E-state index is 0. The molecule has 2 aliphatic rings. The molecule has 0 aliphatic carbocycles. The second kappa shape index (κ2) is 6.00. The summed E-state index contributed by atoms with van der Waals surface area (Å²) in [6, 6.07) is 3.24. The van der Waals surface area contributed by atoms with E-state index in [1.165, 1.54) is 0 Å². The van der Waals surface area contributed by atoms with Crippen molar-refractivity contribution in [2.75, 3.05) is 26.4 Å². The molecule has 0 amide bonds. The van der Waals surface area contributed by atoms with E-state index in [1.807, 2.05) is 6.92 Å². The first-order chi connectivity index (χ1) is 9.50. The van der Waals surface area contributed by atoms with Gasteiger partial charge in [-0.2, -0.15) is 4.31 Å². The minimum atomic E-state index is -3.51. The molecule has 1 atom stereocenters. The van der Waals surface area contributed by atoms with Crippen molar-refractivity contribution in [3.63, 3.8) is 0 Å². The fourth-order valence-corrected chi connectivity index (χ4v) is 4.46. The number of rotatable bonds is 2. The monoisotopic (exact) mass is 334 g/mol. The fourth-order valence-electron chi connectivity index (χ4n) is 2.61. The number of hydrogen-bond donors (Lipinski definition) is 1. The van der Waals surface area contributed by atoms with Gasteiger partial charge in [-0.15, -0.1) is 12.4 Å². The smallest absolute Gasteiger partial charge is 0.243 e. The zero-order valence-electron chi connectivity index (χ0n) is 12.0. The van der Waals surface area contributed by atoms with Crippen LogP contribution in [0.5, 0.6) is 11.5 Å². The molecule has 2 heterocycles. The predicted octanol–water partition coefficient (Wildman–Crippen LogP) is 1.13. The van der Waals surface area contributed by atoms with E-state index in [0.29, 0.717) is 41.6 Å². The van der Waals surface area contributed by atoms with E-state index < -0.39 is 10.0 Å². The van der Waals surface area contributed by atoms with E-state index in [4.69, 9.17) is 9.47 Å². The number of hydrogen-bond acceptors (Lipinski definition) is 5. The molecule has 0 aromatic heterocycles. The molecule has 0 bridgehead atoms. The maximum atomic E-state index is 12.8. The van der Waals surface area contributed by atoms with Crippen molar-refractivity contribution in [2.24, 2.45) is 0 Å². The highest BCUT2D eigenvalue weighted by atomic mass is 35.5. The Morgan fingerprint density at radius 2 is 1.95 bits per heavy atom. The van der Waals surface area contributed by atoms with Gasteiger partial charge in [0, 0.05) is 31.7 Å². The molecule has 1 unspecified atom stereocenters.